The van der Waals surface area contributed by atoms with Crippen LogP contribution in [0.2, 0.25) is 0 Å². The Morgan fingerprint density at radius 3 is 2.69 bits per heavy atom. The minimum Gasteiger partial charge on any atom is -0.366 e. The highest BCUT2D eigenvalue weighted by Crippen LogP contribution is 2.29. The molecule has 4 aromatic rings. The first-order chi connectivity index (χ1) is 14.0. The van der Waals surface area contributed by atoms with Gasteiger partial charge in [0.25, 0.3) is 5.91 Å². The summed E-state index contributed by atoms with van der Waals surface area (Å²) in [6.45, 7) is 2.06. The van der Waals surface area contributed by atoms with Crippen LogP contribution in [0.4, 0.5) is 15.9 Å². The fraction of sp³-hybridized carbons (Fsp3) is 0.0909. The molecule has 0 aliphatic carbocycles. The van der Waals surface area contributed by atoms with Gasteiger partial charge in [0.2, 0.25) is 0 Å². The van der Waals surface area contributed by atoms with Gasteiger partial charge in [-0.2, -0.15) is 0 Å². The average molecular weight is 387 g/mol. The normalized spacial score (nSPS) is 10.8. The van der Waals surface area contributed by atoms with Gasteiger partial charge in [-0.3, -0.25) is 9.78 Å². The maximum Gasteiger partial charge on any atom is 0.250 e. The summed E-state index contributed by atoms with van der Waals surface area (Å²) < 4.78 is 13.7. The van der Waals surface area contributed by atoms with E-state index in [1.807, 2.05) is 18.2 Å². The van der Waals surface area contributed by atoms with Crippen LogP contribution >= 0.6 is 0 Å². The van der Waals surface area contributed by atoms with Gasteiger partial charge in [-0.05, 0) is 42.3 Å². The van der Waals surface area contributed by atoms with E-state index in [9.17, 15) is 9.18 Å². The van der Waals surface area contributed by atoms with Crippen molar-refractivity contribution in [3.8, 4) is 11.4 Å². The number of nitrogens with zero attached hydrogens (tertiary/aromatic N) is 3. The van der Waals surface area contributed by atoms with E-state index in [-0.39, 0.29) is 0 Å². The van der Waals surface area contributed by atoms with E-state index in [0.717, 1.165) is 23.6 Å². The second kappa shape index (κ2) is 7.63. The number of halogens is 1. The fourth-order valence-corrected chi connectivity index (χ4v) is 3.09. The zero-order valence-electron chi connectivity index (χ0n) is 15.7. The molecule has 29 heavy (non-hydrogen) atoms. The van der Waals surface area contributed by atoms with E-state index >= 15 is 0 Å². The molecule has 1 amide bonds. The van der Waals surface area contributed by atoms with Gasteiger partial charge in [0.05, 0.1) is 23.0 Å². The predicted octanol–water partition coefficient (Wildman–Crippen LogP) is 4.24. The van der Waals surface area contributed by atoms with Crippen molar-refractivity contribution in [3.05, 3.63) is 77.9 Å². The summed E-state index contributed by atoms with van der Waals surface area (Å²) in [4.78, 5) is 24.9. The number of para-hydroxylation sites is 1. The summed E-state index contributed by atoms with van der Waals surface area (Å²) in [7, 11) is 0. The molecule has 0 bridgehead atoms. The molecule has 0 unspecified atom stereocenters. The molecule has 144 valence electrons. The lowest BCUT2D eigenvalue weighted by Gasteiger charge is -2.14. The van der Waals surface area contributed by atoms with E-state index in [2.05, 4.69) is 27.2 Å². The second-order valence-electron chi connectivity index (χ2n) is 6.53. The lowest BCUT2D eigenvalue weighted by molar-refractivity contribution is 0.100. The quantitative estimate of drug-likeness (QED) is 0.534. The second-order valence-corrected chi connectivity index (χ2v) is 6.53. The van der Waals surface area contributed by atoms with Crippen LogP contribution in [0.3, 0.4) is 0 Å². The Kier molecular flexibility index (Phi) is 4.87. The van der Waals surface area contributed by atoms with Crippen molar-refractivity contribution in [2.75, 3.05) is 5.32 Å². The lowest BCUT2D eigenvalue weighted by atomic mass is 10.1. The number of nitrogens with one attached hydrogen (secondary N) is 1. The molecular formula is C22H18FN5O. The van der Waals surface area contributed by atoms with Crippen molar-refractivity contribution in [3.63, 3.8) is 0 Å². The number of carbonyl (C=O) groups is 1. The van der Waals surface area contributed by atoms with Crippen LogP contribution < -0.4 is 11.1 Å². The van der Waals surface area contributed by atoms with E-state index < -0.39 is 11.7 Å². The van der Waals surface area contributed by atoms with E-state index in [0.29, 0.717) is 34.0 Å². The Labute approximate surface area is 166 Å². The molecule has 6 nitrogen and oxygen atoms in total. The molecule has 0 saturated heterocycles. The van der Waals surface area contributed by atoms with Gasteiger partial charge in [-0.25, -0.2) is 14.4 Å². The number of hydrogen-bond donors (Lipinski definition) is 2. The number of benzene rings is 2. The molecule has 0 fully saturated rings. The molecule has 2 heterocycles. The topological polar surface area (TPSA) is 93.8 Å². The number of pyridine rings is 1. The zero-order valence-corrected chi connectivity index (χ0v) is 15.7. The van der Waals surface area contributed by atoms with Crippen LogP contribution in [-0.2, 0) is 6.42 Å². The Hall–Kier alpha value is -3.87. The highest BCUT2D eigenvalue weighted by molar-refractivity contribution is 6.01. The predicted molar refractivity (Wildman–Crippen MR) is 110 cm³/mol. The van der Waals surface area contributed by atoms with Gasteiger partial charge in [0, 0.05) is 17.1 Å². The molecule has 0 aliphatic heterocycles. The standard InChI is InChI=1S/C22H18FN5O/c1-2-13-7-8-19-17(9-13)22(27-18-6-4-3-5-16(18)20(24)29)28-21(26-19)14-10-15(23)12-25-11-14/h3-12H,2H2,1H3,(H2,24,29)(H,26,27,28). The van der Waals surface area contributed by atoms with Crippen molar-refractivity contribution in [2.24, 2.45) is 5.73 Å². The zero-order chi connectivity index (χ0) is 20.4. The van der Waals surface area contributed by atoms with Crippen LogP contribution in [0.15, 0.2) is 60.9 Å². The number of nitrogens with two attached hydrogens (primary N) is 1. The van der Waals surface area contributed by atoms with Crippen LogP contribution in [0.5, 0.6) is 0 Å². The first-order valence-corrected chi connectivity index (χ1v) is 9.12. The third-order valence-corrected chi connectivity index (χ3v) is 4.58. The monoisotopic (exact) mass is 387 g/mol. The van der Waals surface area contributed by atoms with Crippen molar-refractivity contribution >= 4 is 28.3 Å². The summed E-state index contributed by atoms with van der Waals surface area (Å²) >= 11 is 0. The number of anilines is 2. The Balaban J connectivity index is 1.91. The molecule has 0 radical (unpaired) electrons. The number of fused-ring (bicyclic) bond motifs is 1. The molecule has 2 aromatic heterocycles. The number of rotatable bonds is 5. The van der Waals surface area contributed by atoms with Crippen LogP contribution in [0.1, 0.15) is 22.8 Å². The summed E-state index contributed by atoms with van der Waals surface area (Å²) in [5, 5.41) is 4.00. The molecule has 3 N–H and O–H groups in total. The van der Waals surface area contributed by atoms with Gasteiger partial charge in [0.15, 0.2) is 5.82 Å². The van der Waals surface area contributed by atoms with Gasteiger partial charge < -0.3 is 11.1 Å². The van der Waals surface area contributed by atoms with E-state index in [1.165, 1.54) is 12.3 Å². The molecule has 7 heteroatoms. The summed E-state index contributed by atoms with van der Waals surface area (Å²) in [6.07, 6.45) is 3.48. The number of hydrogen-bond acceptors (Lipinski definition) is 5. The number of aryl methyl sites for hydroxylation is 1. The molecule has 4 rings (SSSR count). The largest absolute Gasteiger partial charge is 0.366 e. The fourth-order valence-electron chi connectivity index (χ4n) is 3.09. The summed E-state index contributed by atoms with van der Waals surface area (Å²) in [6, 6.07) is 14.1. The van der Waals surface area contributed by atoms with Gasteiger partial charge in [-0.1, -0.05) is 25.1 Å². The van der Waals surface area contributed by atoms with Crippen LogP contribution in [0.25, 0.3) is 22.3 Å². The Morgan fingerprint density at radius 2 is 1.93 bits per heavy atom. The highest BCUT2D eigenvalue weighted by Gasteiger charge is 2.14. The number of carbonyl (C=O) groups excluding carboxylic acids is 1. The van der Waals surface area contributed by atoms with Crippen LogP contribution in [-0.4, -0.2) is 20.9 Å². The lowest BCUT2D eigenvalue weighted by Crippen LogP contribution is -2.13. The highest BCUT2D eigenvalue weighted by atomic mass is 19.1. The molecule has 2 aromatic carbocycles. The van der Waals surface area contributed by atoms with Crippen molar-refractivity contribution in [1.82, 2.24) is 15.0 Å². The Bertz CT molecular complexity index is 1220. The number of amides is 1. The SMILES string of the molecule is CCc1ccc2nc(-c3cncc(F)c3)nc(Nc3ccccc3C(N)=O)c2c1. The van der Waals surface area contributed by atoms with E-state index in [4.69, 9.17) is 5.73 Å². The first kappa shape index (κ1) is 18.5. The Morgan fingerprint density at radius 1 is 1.10 bits per heavy atom. The maximum absolute atomic E-state index is 13.7. The summed E-state index contributed by atoms with van der Waals surface area (Å²) in [5.41, 5.74) is 8.65. The maximum atomic E-state index is 13.7. The molecule has 0 atom stereocenters. The van der Waals surface area contributed by atoms with Gasteiger partial charge in [-0.15, -0.1) is 0 Å². The first-order valence-electron chi connectivity index (χ1n) is 9.12. The van der Waals surface area contributed by atoms with E-state index in [1.54, 1.807) is 24.3 Å². The number of aromatic nitrogens is 3. The molecule has 0 spiro atoms. The smallest absolute Gasteiger partial charge is 0.250 e. The van der Waals surface area contributed by atoms with Crippen molar-refractivity contribution in [1.29, 1.82) is 0 Å². The number of primary amides is 1. The third-order valence-electron chi connectivity index (χ3n) is 4.58. The summed E-state index contributed by atoms with van der Waals surface area (Å²) in [5.74, 6) is -0.192. The molecular weight excluding hydrogens is 369 g/mol. The molecule has 0 aliphatic rings. The van der Waals surface area contributed by atoms with Crippen LogP contribution in [0, 0.1) is 5.82 Å². The molecule has 0 saturated carbocycles. The average Bonchev–Trinajstić information content (AvgIpc) is 2.73. The minimum absolute atomic E-state index is 0.327. The van der Waals surface area contributed by atoms with Crippen molar-refractivity contribution < 1.29 is 9.18 Å². The van der Waals surface area contributed by atoms with Gasteiger partial charge >= 0.3 is 0 Å². The van der Waals surface area contributed by atoms with Crippen molar-refractivity contribution in [2.45, 2.75) is 13.3 Å². The third kappa shape index (κ3) is 3.75. The van der Waals surface area contributed by atoms with Gasteiger partial charge in [0.1, 0.15) is 11.6 Å². The minimum atomic E-state index is -0.546.